The molecule has 0 spiro atoms. The van der Waals surface area contributed by atoms with Gasteiger partial charge >= 0.3 is 0 Å². The molecule has 2 aromatic heterocycles. The van der Waals surface area contributed by atoms with Gasteiger partial charge in [-0.2, -0.15) is 19.0 Å². The van der Waals surface area contributed by atoms with E-state index in [4.69, 9.17) is 5.73 Å². The van der Waals surface area contributed by atoms with Gasteiger partial charge in [-0.05, 0) is 59.0 Å². The highest BCUT2D eigenvalue weighted by Gasteiger charge is 2.03. The summed E-state index contributed by atoms with van der Waals surface area (Å²) in [7, 11) is 0. The van der Waals surface area contributed by atoms with Crippen molar-refractivity contribution in [2.24, 2.45) is 0 Å². The van der Waals surface area contributed by atoms with Crippen LogP contribution < -0.4 is 5.73 Å². The second-order valence-corrected chi connectivity index (χ2v) is 5.76. The number of nitrogens with two attached hydrogens (primary N) is 1. The van der Waals surface area contributed by atoms with Crippen molar-refractivity contribution >= 4 is 50.1 Å². The standard InChI is InChI=1S/C7H4FIN2.C7H6FN3/c2*8-7-5-3-4(9)1-2-6(5)10-11-7/h1-3H,(H,10,11);1-3H,9H2,(H,10,11). The minimum atomic E-state index is -0.438. The molecule has 8 heteroatoms. The van der Waals surface area contributed by atoms with Crippen molar-refractivity contribution in [1.29, 1.82) is 0 Å². The minimum Gasteiger partial charge on any atom is -0.399 e. The summed E-state index contributed by atoms with van der Waals surface area (Å²) < 4.78 is 26.6. The SMILES string of the molecule is Fc1[nH]nc2ccc(I)cc12.Nc1ccc2n[nH]c(F)c2c1. The second kappa shape index (κ2) is 5.87. The van der Waals surface area contributed by atoms with Crippen molar-refractivity contribution in [2.75, 3.05) is 5.73 Å². The van der Waals surface area contributed by atoms with Crippen molar-refractivity contribution in [1.82, 2.24) is 20.4 Å². The van der Waals surface area contributed by atoms with Crippen LogP contribution in [0.1, 0.15) is 0 Å². The lowest BCUT2D eigenvalue weighted by molar-refractivity contribution is 0.588. The van der Waals surface area contributed by atoms with Crippen molar-refractivity contribution in [3.05, 3.63) is 51.9 Å². The highest BCUT2D eigenvalue weighted by atomic mass is 127. The van der Waals surface area contributed by atoms with E-state index in [-0.39, 0.29) is 5.95 Å². The number of nitrogen functional groups attached to an aromatic ring is 1. The molecule has 2 heterocycles. The van der Waals surface area contributed by atoms with E-state index in [1.807, 2.05) is 6.07 Å². The van der Waals surface area contributed by atoms with Gasteiger partial charge in [0.2, 0.25) is 11.9 Å². The first-order valence-electron chi connectivity index (χ1n) is 6.23. The maximum Gasteiger partial charge on any atom is 0.216 e. The molecule has 4 N–H and O–H groups in total. The number of H-pyrrole nitrogens is 2. The molecular formula is C14H10F2IN5. The van der Waals surface area contributed by atoms with Crippen LogP contribution in [0.25, 0.3) is 21.8 Å². The fourth-order valence-corrected chi connectivity index (χ4v) is 2.44. The lowest BCUT2D eigenvalue weighted by Gasteiger charge is -1.89. The van der Waals surface area contributed by atoms with Crippen molar-refractivity contribution in [3.63, 3.8) is 0 Å². The number of hydrogen-bond donors (Lipinski definition) is 3. The minimum absolute atomic E-state index is 0.362. The molecule has 4 rings (SSSR count). The Morgan fingerprint density at radius 3 is 2.05 bits per heavy atom. The van der Waals surface area contributed by atoms with E-state index in [9.17, 15) is 8.78 Å². The molecule has 0 amide bonds. The summed E-state index contributed by atoms with van der Waals surface area (Å²) in [4.78, 5) is 0. The van der Waals surface area contributed by atoms with E-state index < -0.39 is 5.95 Å². The first-order chi connectivity index (χ1) is 10.5. The Morgan fingerprint density at radius 2 is 1.41 bits per heavy atom. The quantitative estimate of drug-likeness (QED) is 0.304. The average Bonchev–Trinajstić information content (AvgIpc) is 3.04. The molecule has 0 bridgehead atoms. The summed E-state index contributed by atoms with van der Waals surface area (Å²) in [5.74, 6) is -0.800. The van der Waals surface area contributed by atoms with Crippen molar-refractivity contribution in [2.45, 2.75) is 0 Å². The highest BCUT2D eigenvalue weighted by molar-refractivity contribution is 14.1. The normalized spacial score (nSPS) is 10.7. The van der Waals surface area contributed by atoms with Gasteiger partial charge in [-0.1, -0.05) is 0 Å². The van der Waals surface area contributed by atoms with Crippen LogP contribution >= 0.6 is 22.6 Å². The molecule has 0 aliphatic heterocycles. The van der Waals surface area contributed by atoms with Gasteiger partial charge in [0.1, 0.15) is 0 Å². The first-order valence-corrected chi connectivity index (χ1v) is 7.30. The summed E-state index contributed by atoms with van der Waals surface area (Å²) in [6.07, 6.45) is 0. The number of anilines is 1. The predicted octanol–water partition coefficient (Wildman–Crippen LogP) is 3.59. The van der Waals surface area contributed by atoms with Crippen LogP contribution in [0.15, 0.2) is 36.4 Å². The Kier molecular flexibility index (Phi) is 3.92. The van der Waals surface area contributed by atoms with E-state index in [0.29, 0.717) is 27.5 Å². The van der Waals surface area contributed by atoms with Gasteiger partial charge in [0.25, 0.3) is 0 Å². The molecule has 0 atom stereocenters. The highest BCUT2D eigenvalue weighted by Crippen LogP contribution is 2.17. The van der Waals surface area contributed by atoms with E-state index in [1.54, 1.807) is 30.3 Å². The molecule has 0 radical (unpaired) electrons. The number of aromatic amines is 2. The largest absolute Gasteiger partial charge is 0.399 e. The Bertz CT molecular complexity index is 869. The zero-order valence-corrected chi connectivity index (χ0v) is 13.2. The molecule has 4 aromatic rings. The Morgan fingerprint density at radius 1 is 0.864 bits per heavy atom. The van der Waals surface area contributed by atoms with Gasteiger partial charge in [-0.3, -0.25) is 10.2 Å². The lowest BCUT2D eigenvalue weighted by Crippen LogP contribution is -1.82. The van der Waals surface area contributed by atoms with E-state index in [0.717, 1.165) is 3.57 Å². The fourth-order valence-electron chi connectivity index (χ4n) is 1.95. The smallest absolute Gasteiger partial charge is 0.216 e. The molecular weight excluding hydrogens is 403 g/mol. The van der Waals surface area contributed by atoms with Crippen LogP contribution in [0.3, 0.4) is 0 Å². The van der Waals surface area contributed by atoms with Gasteiger partial charge in [0, 0.05) is 9.26 Å². The molecule has 2 aromatic carbocycles. The molecule has 0 aliphatic rings. The second-order valence-electron chi connectivity index (χ2n) is 4.51. The molecule has 112 valence electrons. The first kappa shape index (κ1) is 14.7. The van der Waals surface area contributed by atoms with Crippen LogP contribution in [0, 0.1) is 15.5 Å². The third-order valence-corrected chi connectivity index (χ3v) is 3.67. The molecule has 5 nitrogen and oxygen atoms in total. The van der Waals surface area contributed by atoms with Crippen LogP contribution in [-0.2, 0) is 0 Å². The number of nitrogens with one attached hydrogen (secondary N) is 2. The molecule has 22 heavy (non-hydrogen) atoms. The maximum atomic E-state index is 12.8. The van der Waals surface area contributed by atoms with Gasteiger partial charge in [0.05, 0.1) is 21.8 Å². The maximum absolute atomic E-state index is 12.8. The average molecular weight is 413 g/mol. The third-order valence-electron chi connectivity index (χ3n) is 3.00. The summed E-state index contributed by atoms with van der Waals surface area (Å²) in [6, 6.07) is 10.3. The summed E-state index contributed by atoms with van der Waals surface area (Å²) in [5.41, 5.74) is 7.25. The number of halogens is 3. The van der Waals surface area contributed by atoms with E-state index >= 15 is 0 Å². The summed E-state index contributed by atoms with van der Waals surface area (Å²) >= 11 is 2.13. The van der Waals surface area contributed by atoms with Gasteiger partial charge in [-0.25, -0.2) is 0 Å². The molecule has 0 aliphatic carbocycles. The topological polar surface area (TPSA) is 83.4 Å². The number of hydrogen-bond acceptors (Lipinski definition) is 3. The van der Waals surface area contributed by atoms with Crippen molar-refractivity contribution < 1.29 is 8.78 Å². The Hall–Kier alpha value is -2.23. The predicted molar refractivity (Wildman–Crippen MR) is 89.2 cm³/mol. The lowest BCUT2D eigenvalue weighted by atomic mass is 10.2. The Labute approximate surface area is 137 Å². The number of fused-ring (bicyclic) bond motifs is 2. The summed E-state index contributed by atoms with van der Waals surface area (Å²) in [5, 5.41) is 13.0. The van der Waals surface area contributed by atoms with Gasteiger partial charge in [0.15, 0.2) is 0 Å². The van der Waals surface area contributed by atoms with Gasteiger partial charge in [-0.15, -0.1) is 0 Å². The van der Waals surface area contributed by atoms with E-state index in [1.165, 1.54) is 0 Å². The van der Waals surface area contributed by atoms with Crippen molar-refractivity contribution in [3.8, 4) is 0 Å². The van der Waals surface area contributed by atoms with Gasteiger partial charge < -0.3 is 5.73 Å². The number of rotatable bonds is 0. The summed E-state index contributed by atoms with van der Waals surface area (Å²) in [6.45, 7) is 0. The number of benzene rings is 2. The monoisotopic (exact) mass is 413 g/mol. The van der Waals surface area contributed by atoms with Crippen LogP contribution in [-0.4, -0.2) is 20.4 Å². The number of nitrogens with zero attached hydrogens (tertiary/aromatic N) is 2. The number of aromatic nitrogens is 4. The fraction of sp³-hybridized carbons (Fsp3) is 0. The molecule has 0 fully saturated rings. The molecule has 0 saturated carbocycles. The zero-order chi connectivity index (χ0) is 15.7. The zero-order valence-electron chi connectivity index (χ0n) is 11.1. The van der Waals surface area contributed by atoms with E-state index in [2.05, 4.69) is 43.0 Å². The van der Waals surface area contributed by atoms with Crippen LogP contribution in [0.2, 0.25) is 0 Å². The molecule has 0 unspecified atom stereocenters. The third kappa shape index (κ3) is 2.86. The molecule has 0 saturated heterocycles. The van der Waals surface area contributed by atoms with Crippen LogP contribution in [0.5, 0.6) is 0 Å². The van der Waals surface area contributed by atoms with Crippen LogP contribution in [0.4, 0.5) is 14.5 Å². The Balaban J connectivity index is 0.000000131.